The normalized spacial score (nSPS) is 11.2. The summed E-state index contributed by atoms with van der Waals surface area (Å²) >= 11 is 0. The van der Waals surface area contributed by atoms with E-state index in [-0.39, 0.29) is 30.3 Å². The molecule has 0 fully saturated rings. The summed E-state index contributed by atoms with van der Waals surface area (Å²) in [5, 5.41) is 2.56. The van der Waals surface area contributed by atoms with Crippen molar-refractivity contribution in [1.82, 2.24) is 10.0 Å². The molecule has 1 amide bonds. The lowest BCUT2D eigenvalue weighted by Crippen LogP contribution is -2.35. The summed E-state index contributed by atoms with van der Waals surface area (Å²) in [7, 11) is -3.60. The molecule has 0 aliphatic rings. The smallest absolute Gasteiger partial charge is 0.240 e. The van der Waals surface area contributed by atoms with Gasteiger partial charge in [0.15, 0.2) is 0 Å². The molecule has 2 N–H and O–H groups in total. The molecule has 24 heavy (non-hydrogen) atoms. The van der Waals surface area contributed by atoms with Crippen LogP contribution in [0.2, 0.25) is 0 Å². The van der Waals surface area contributed by atoms with Gasteiger partial charge in [-0.05, 0) is 30.7 Å². The summed E-state index contributed by atoms with van der Waals surface area (Å²) in [6.45, 7) is 2.05. The Labute approximate surface area is 141 Å². The fourth-order valence-corrected chi connectivity index (χ4v) is 3.10. The molecule has 0 atom stereocenters. The summed E-state index contributed by atoms with van der Waals surface area (Å²) < 4.78 is 39.9. The van der Waals surface area contributed by atoms with E-state index in [1.165, 1.54) is 24.3 Å². The third-order valence-corrected chi connectivity index (χ3v) is 4.86. The molecule has 0 radical (unpaired) electrons. The third kappa shape index (κ3) is 5.14. The van der Waals surface area contributed by atoms with Crippen LogP contribution in [0.5, 0.6) is 0 Å². The van der Waals surface area contributed by atoms with Gasteiger partial charge in [-0.25, -0.2) is 17.5 Å². The quantitative estimate of drug-likeness (QED) is 0.748. The first-order valence-electron chi connectivity index (χ1n) is 7.45. The van der Waals surface area contributed by atoms with Gasteiger partial charge in [0, 0.05) is 13.1 Å². The topological polar surface area (TPSA) is 75.3 Å². The predicted octanol–water partition coefficient (Wildman–Crippen LogP) is 1.77. The summed E-state index contributed by atoms with van der Waals surface area (Å²) in [6, 6.07) is 12.5. The second kappa shape index (κ2) is 8.03. The van der Waals surface area contributed by atoms with E-state index in [1.54, 1.807) is 24.3 Å². The maximum Gasteiger partial charge on any atom is 0.240 e. The van der Waals surface area contributed by atoms with Crippen molar-refractivity contribution in [3.8, 4) is 0 Å². The Balaban J connectivity index is 1.79. The molecule has 0 saturated carbocycles. The Hall–Kier alpha value is -2.25. The number of sulfonamides is 1. The van der Waals surface area contributed by atoms with Gasteiger partial charge in [-0.3, -0.25) is 4.79 Å². The van der Waals surface area contributed by atoms with Gasteiger partial charge < -0.3 is 5.32 Å². The maximum absolute atomic E-state index is 13.4. The molecule has 2 rings (SSSR count). The van der Waals surface area contributed by atoms with Gasteiger partial charge in [-0.15, -0.1) is 0 Å². The summed E-state index contributed by atoms with van der Waals surface area (Å²) in [5.74, 6) is -0.803. The molecule has 0 aromatic heterocycles. The SMILES string of the molecule is Cc1ccc(S(=O)(=O)NCCNC(=O)Cc2ccccc2F)cc1. The highest BCUT2D eigenvalue weighted by atomic mass is 32.2. The first kappa shape index (κ1) is 18.1. The van der Waals surface area contributed by atoms with Crippen LogP contribution < -0.4 is 10.0 Å². The van der Waals surface area contributed by atoms with Gasteiger partial charge in [0.1, 0.15) is 5.82 Å². The van der Waals surface area contributed by atoms with Crippen molar-refractivity contribution in [2.45, 2.75) is 18.2 Å². The van der Waals surface area contributed by atoms with Gasteiger partial charge in [0.25, 0.3) is 0 Å². The van der Waals surface area contributed by atoms with Crippen molar-refractivity contribution < 1.29 is 17.6 Å². The van der Waals surface area contributed by atoms with Gasteiger partial charge >= 0.3 is 0 Å². The number of hydrogen-bond acceptors (Lipinski definition) is 3. The Morgan fingerprint density at radius 2 is 1.71 bits per heavy atom. The van der Waals surface area contributed by atoms with Crippen LogP contribution >= 0.6 is 0 Å². The number of hydrogen-bond donors (Lipinski definition) is 2. The minimum absolute atomic E-state index is 0.0548. The minimum Gasteiger partial charge on any atom is -0.354 e. The molecule has 0 aliphatic heterocycles. The van der Waals surface area contributed by atoms with Crippen molar-refractivity contribution in [1.29, 1.82) is 0 Å². The molecule has 2 aromatic carbocycles. The molecular weight excluding hydrogens is 331 g/mol. The number of rotatable bonds is 7. The molecule has 0 unspecified atom stereocenters. The first-order valence-corrected chi connectivity index (χ1v) is 8.93. The summed E-state index contributed by atoms with van der Waals surface area (Å²) in [4.78, 5) is 11.9. The van der Waals surface area contributed by atoms with Crippen LogP contribution in [-0.4, -0.2) is 27.4 Å². The number of benzene rings is 2. The van der Waals surface area contributed by atoms with E-state index in [4.69, 9.17) is 0 Å². The van der Waals surface area contributed by atoms with Crippen molar-refractivity contribution in [2.75, 3.05) is 13.1 Å². The van der Waals surface area contributed by atoms with Crippen molar-refractivity contribution >= 4 is 15.9 Å². The fraction of sp³-hybridized carbons (Fsp3) is 0.235. The summed E-state index contributed by atoms with van der Waals surface area (Å²) in [5.41, 5.74) is 1.27. The van der Waals surface area contributed by atoms with Crippen molar-refractivity contribution in [3.63, 3.8) is 0 Å². The van der Waals surface area contributed by atoms with E-state index in [0.29, 0.717) is 5.56 Å². The average molecular weight is 350 g/mol. The number of carbonyl (C=O) groups is 1. The lowest BCUT2D eigenvalue weighted by molar-refractivity contribution is -0.120. The molecule has 5 nitrogen and oxygen atoms in total. The monoisotopic (exact) mass is 350 g/mol. The van der Waals surface area contributed by atoms with Gasteiger partial charge in [0.2, 0.25) is 15.9 Å². The predicted molar refractivity (Wildman–Crippen MR) is 89.5 cm³/mol. The molecule has 0 saturated heterocycles. The molecule has 0 spiro atoms. The Bertz CT molecular complexity index is 805. The van der Waals surface area contributed by atoms with Crippen LogP contribution in [0.15, 0.2) is 53.4 Å². The van der Waals surface area contributed by atoms with E-state index >= 15 is 0 Å². The van der Waals surface area contributed by atoms with E-state index in [1.807, 2.05) is 6.92 Å². The summed E-state index contributed by atoms with van der Waals surface area (Å²) in [6.07, 6.45) is -0.0859. The first-order chi connectivity index (χ1) is 11.4. The third-order valence-electron chi connectivity index (χ3n) is 3.38. The zero-order chi connectivity index (χ0) is 17.6. The second-order valence-corrected chi connectivity index (χ2v) is 7.10. The minimum atomic E-state index is -3.60. The Kier molecular flexibility index (Phi) is 6.05. The number of nitrogens with one attached hydrogen (secondary N) is 2. The molecule has 0 aliphatic carbocycles. The van der Waals surface area contributed by atoms with Crippen LogP contribution in [0.1, 0.15) is 11.1 Å². The van der Waals surface area contributed by atoms with Gasteiger partial charge in [0.05, 0.1) is 11.3 Å². The second-order valence-electron chi connectivity index (χ2n) is 5.33. The maximum atomic E-state index is 13.4. The van der Waals surface area contributed by atoms with E-state index in [9.17, 15) is 17.6 Å². The van der Waals surface area contributed by atoms with Crippen LogP contribution in [0.4, 0.5) is 4.39 Å². The largest absolute Gasteiger partial charge is 0.354 e. The van der Waals surface area contributed by atoms with Gasteiger partial charge in [-0.1, -0.05) is 35.9 Å². The zero-order valence-corrected chi connectivity index (χ0v) is 14.1. The molecule has 2 aromatic rings. The Morgan fingerprint density at radius 3 is 2.38 bits per heavy atom. The lowest BCUT2D eigenvalue weighted by atomic mass is 10.1. The molecule has 128 valence electrons. The highest BCUT2D eigenvalue weighted by Crippen LogP contribution is 2.09. The molecule has 0 heterocycles. The lowest BCUT2D eigenvalue weighted by Gasteiger charge is -2.09. The van der Waals surface area contributed by atoms with E-state index < -0.39 is 15.8 Å². The van der Waals surface area contributed by atoms with Crippen molar-refractivity contribution in [2.24, 2.45) is 0 Å². The van der Waals surface area contributed by atoms with Crippen LogP contribution in [0.3, 0.4) is 0 Å². The molecule has 7 heteroatoms. The highest BCUT2D eigenvalue weighted by Gasteiger charge is 2.13. The van der Waals surface area contributed by atoms with Gasteiger partial charge in [-0.2, -0.15) is 0 Å². The van der Waals surface area contributed by atoms with E-state index in [2.05, 4.69) is 10.0 Å². The van der Waals surface area contributed by atoms with Crippen LogP contribution in [-0.2, 0) is 21.2 Å². The highest BCUT2D eigenvalue weighted by molar-refractivity contribution is 7.89. The number of amides is 1. The fourth-order valence-electron chi connectivity index (χ4n) is 2.07. The number of halogens is 1. The van der Waals surface area contributed by atoms with Crippen molar-refractivity contribution in [3.05, 3.63) is 65.5 Å². The van der Waals surface area contributed by atoms with Crippen LogP contribution in [0, 0.1) is 12.7 Å². The molecular formula is C17H19FN2O3S. The Morgan fingerprint density at radius 1 is 1.04 bits per heavy atom. The zero-order valence-electron chi connectivity index (χ0n) is 13.3. The average Bonchev–Trinajstić information content (AvgIpc) is 2.54. The number of carbonyl (C=O) groups excluding carboxylic acids is 1. The van der Waals surface area contributed by atoms with Crippen LogP contribution in [0.25, 0.3) is 0 Å². The van der Waals surface area contributed by atoms with E-state index in [0.717, 1.165) is 5.56 Å². The molecule has 0 bridgehead atoms. The number of aryl methyl sites for hydroxylation is 1. The standard InChI is InChI=1S/C17H19FN2O3S/c1-13-6-8-15(9-7-13)24(22,23)20-11-10-19-17(21)12-14-4-2-3-5-16(14)18/h2-9,20H,10-12H2,1H3,(H,19,21).